The molecule has 14 heavy (non-hydrogen) atoms. The third kappa shape index (κ3) is 1.86. The number of carboxylic acid groups (broad SMARTS) is 1. The number of aryl methyl sites for hydroxylation is 1. The highest BCUT2D eigenvalue weighted by molar-refractivity contribution is 5.85. The number of hydrogen-bond donors (Lipinski definition) is 1. The van der Waals surface area contributed by atoms with Crippen molar-refractivity contribution < 1.29 is 14.6 Å². The average Bonchev–Trinajstić information content (AvgIpc) is 2.86. The molecule has 0 unspecified atom stereocenters. The van der Waals surface area contributed by atoms with E-state index >= 15 is 0 Å². The largest absolute Gasteiger partial charge is 0.477 e. The van der Waals surface area contributed by atoms with E-state index in [4.69, 9.17) is 9.84 Å². The van der Waals surface area contributed by atoms with Gasteiger partial charge in [-0.15, -0.1) is 5.10 Å². The molecule has 0 saturated heterocycles. The Kier molecular flexibility index (Phi) is 2.15. The van der Waals surface area contributed by atoms with Gasteiger partial charge in [-0.1, -0.05) is 0 Å². The summed E-state index contributed by atoms with van der Waals surface area (Å²) < 4.78 is 6.66. The number of rotatable bonds is 4. The van der Waals surface area contributed by atoms with E-state index in [1.54, 1.807) is 7.05 Å². The van der Waals surface area contributed by atoms with Gasteiger partial charge >= 0.3 is 5.97 Å². The Morgan fingerprint density at radius 3 is 3.00 bits per heavy atom. The number of hydrogen-bond acceptors (Lipinski definition) is 3. The lowest BCUT2D eigenvalue weighted by atomic mass is 10.4. The van der Waals surface area contributed by atoms with Crippen molar-refractivity contribution in [2.45, 2.75) is 12.8 Å². The highest BCUT2D eigenvalue weighted by Gasteiger charge is 2.22. The molecule has 1 aliphatic carbocycles. The lowest BCUT2D eigenvalue weighted by Crippen LogP contribution is -2.04. The van der Waals surface area contributed by atoms with Gasteiger partial charge in [-0.25, -0.2) is 4.79 Å². The van der Waals surface area contributed by atoms with Crippen LogP contribution in [0, 0.1) is 5.92 Å². The molecule has 0 aliphatic heterocycles. The van der Waals surface area contributed by atoms with Crippen LogP contribution in [0.3, 0.4) is 0 Å². The van der Waals surface area contributed by atoms with E-state index in [2.05, 4.69) is 5.10 Å². The molecule has 0 aromatic carbocycles. The molecular weight excluding hydrogens is 184 g/mol. The molecule has 0 bridgehead atoms. The van der Waals surface area contributed by atoms with Crippen LogP contribution in [-0.4, -0.2) is 27.5 Å². The van der Waals surface area contributed by atoms with Gasteiger partial charge in [0, 0.05) is 13.1 Å². The van der Waals surface area contributed by atoms with Crippen LogP contribution >= 0.6 is 0 Å². The van der Waals surface area contributed by atoms with Crippen molar-refractivity contribution in [3.8, 4) is 5.88 Å². The predicted octanol–water partition coefficient (Wildman–Crippen LogP) is 0.907. The molecule has 1 fully saturated rings. The van der Waals surface area contributed by atoms with Crippen molar-refractivity contribution in [3.05, 3.63) is 11.8 Å². The maximum Gasteiger partial charge on any atom is 0.354 e. The Morgan fingerprint density at radius 2 is 2.50 bits per heavy atom. The zero-order valence-corrected chi connectivity index (χ0v) is 7.93. The van der Waals surface area contributed by atoms with Gasteiger partial charge in [0.05, 0.1) is 6.61 Å². The Hall–Kier alpha value is -1.52. The fourth-order valence-electron chi connectivity index (χ4n) is 1.20. The molecule has 0 atom stereocenters. The van der Waals surface area contributed by atoms with Gasteiger partial charge in [-0.3, -0.25) is 4.68 Å². The second-order valence-corrected chi connectivity index (χ2v) is 3.55. The van der Waals surface area contributed by atoms with Crippen LogP contribution in [0.5, 0.6) is 5.88 Å². The third-order valence-electron chi connectivity index (χ3n) is 2.24. The van der Waals surface area contributed by atoms with E-state index in [1.165, 1.54) is 23.6 Å². The highest BCUT2D eigenvalue weighted by atomic mass is 16.5. The Bertz CT molecular complexity index is 355. The summed E-state index contributed by atoms with van der Waals surface area (Å²) in [4.78, 5) is 10.7. The van der Waals surface area contributed by atoms with Crippen LogP contribution in [0.1, 0.15) is 23.3 Å². The lowest BCUT2D eigenvalue weighted by molar-refractivity contribution is 0.0685. The zero-order chi connectivity index (χ0) is 10.1. The first kappa shape index (κ1) is 9.05. The summed E-state index contributed by atoms with van der Waals surface area (Å²) >= 11 is 0. The van der Waals surface area contributed by atoms with E-state index in [9.17, 15) is 4.79 Å². The van der Waals surface area contributed by atoms with Crippen molar-refractivity contribution in [1.29, 1.82) is 0 Å². The van der Waals surface area contributed by atoms with Gasteiger partial charge in [0.2, 0.25) is 5.88 Å². The normalized spacial score (nSPS) is 15.5. The smallest absolute Gasteiger partial charge is 0.354 e. The molecule has 0 radical (unpaired) electrons. The standard InChI is InChI=1S/C9H12N2O3/c1-11-7(9(12)13)4-8(10-11)14-5-6-2-3-6/h4,6H,2-3,5H2,1H3,(H,12,13). The van der Waals surface area contributed by atoms with Crippen molar-refractivity contribution in [3.63, 3.8) is 0 Å². The van der Waals surface area contributed by atoms with Crippen LogP contribution in [0.15, 0.2) is 6.07 Å². The summed E-state index contributed by atoms with van der Waals surface area (Å²) in [6.07, 6.45) is 2.41. The van der Waals surface area contributed by atoms with E-state index in [-0.39, 0.29) is 5.69 Å². The molecule has 1 N–H and O–H groups in total. The molecule has 76 valence electrons. The number of aromatic nitrogens is 2. The average molecular weight is 196 g/mol. The van der Waals surface area contributed by atoms with E-state index in [0.29, 0.717) is 18.4 Å². The van der Waals surface area contributed by atoms with Crippen LogP contribution in [0.25, 0.3) is 0 Å². The Morgan fingerprint density at radius 1 is 1.79 bits per heavy atom. The third-order valence-corrected chi connectivity index (χ3v) is 2.24. The van der Waals surface area contributed by atoms with Crippen molar-refractivity contribution in [1.82, 2.24) is 9.78 Å². The summed E-state index contributed by atoms with van der Waals surface area (Å²) in [6.45, 7) is 0.649. The van der Waals surface area contributed by atoms with Crippen LogP contribution in [0.4, 0.5) is 0 Å². The first-order chi connectivity index (χ1) is 6.66. The molecule has 1 heterocycles. The topological polar surface area (TPSA) is 64.4 Å². The zero-order valence-electron chi connectivity index (χ0n) is 7.93. The molecule has 5 heteroatoms. The lowest BCUT2D eigenvalue weighted by Gasteiger charge is -1.98. The monoisotopic (exact) mass is 196 g/mol. The predicted molar refractivity (Wildman–Crippen MR) is 48.4 cm³/mol. The summed E-state index contributed by atoms with van der Waals surface area (Å²) in [7, 11) is 1.59. The van der Waals surface area contributed by atoms with E-state index in [1.807, 2.05) is 0 Å². The van der Waals surface area contributed by atoms with Gasteiger partial charge in [0.25, 0.3) is 0 Å². The number of nitrogens with zero attached hydrogens (tertiary/aromatic N) is 2. The summed E-state index contributed by atoms with van der Waals surface area (Å²) in [6, 6.07) is 1.45. The maximum atomic E-state index is 10.7. The summed E-state index contributed by atoms with van der Waals surface area (Å²) in [5.74, 6) is 0.0587. The Labute approximate surface area is 81.3 Å². The van der Waals surface area contributed by atoms with Crippen molar-refractivity contribution in [2.75, 3.05) is 6.61 Å². The summed E-state index contributed by atoms with van der Waals surface area (Å²) in [5, 5.41) is 12.7. The number of carboxylic acids is 1. The fourth-order valence-corrected chi connectivity index (χ4v) is 1.20. The number of ether oxygens (including phenoxy) is 1. The minimum absolute atomic E-state index is 0.149. The SMILES string of the molecule is Cn1nc(OCC2CC2)cc1C(=O)O. The van der Waals surface area contributed by atoms with Gasteiger partial charge in [0.15, 0.2) is 0 Å². The summed E-state index contributed by atoms with van der Waals surface area (Å²) in [5.41, 5.74) is 0.149. The van der Waals surface area contributed by atoms with Crippen molar-refractivity contribution in [2.24, 2.45) is 13.0 Å². The molecular formula is C9H12N2O3. The van der Waals surface area contributed by atoms with Gasteiger partial charge in [0.1, 0.15) is 5.69 Å². The van der Waals surface area contributed by atoms with Gasteiger partial charge in [-0.05, 0) is 18.8 Å². The van der Waals surface area contributed by atoms with E-state index in [0.717, 1.165) is 0 Å². The molecule has 1 aromatic rings. The van der Waals surface area contributed by atoms with Crippen LogP contribution in [0.2, 0.25) is 0 Å². The van der Waals surface area contributed by atoms with Crippen LogP contribution in [-0.2, 0) is 7.05 Å². The quantitative estimate of drug-likeness (QED) is 0.777. The van der Waals surface area contributed by atoms with Crippen molar-refractivity contribution >= 4 is 5.97 Å². The first-order valence-corrected chi connectivity index (χ1v) is 4.57. The number of aromatic carboxylic acids is 1. The second kappa shape index (κ2) is 3.32. The minimum Gasteiger partial charge on any atom is -0.477 e. The molecule has 0 amide bonds. The van der Waals surface area contributed by atoms with E-state index < -0.39 is 5.97 Å². The molecule has 2 rings (SSSR count). The molecule has 1 saturated carbocycles. The number of carbonyl (C=O) groups is 1. The van der Waals surface area contributed by atoms with Gasteiger partial charge in [-0.2, -0.15) is 0 Å². The fraction of sp³-hybridized carbons (Fsp3) is 0.556. The maximum absolute atomic E-state index is 10.7. The highest BCUT2D eigenvalue weighted by Crippen LogP contribution is 2.29. The molecule has 1 aliphatic rings. The molecule has 1 aromatic heterocycles. The first-order valence-electron chi connectivity index (χ1n) is 4.57. The Balaban J connectivity index is 2.02. The van der Waals surface area contributed by atoms with Crippen LogP contribution < -0.4 is 4.74 Å². The minimum atomic E-state index is -0.985. The molecule has 0 spiro atoms. The van der Waals surface area contributed by atoms with Gasteiger partial charge < -0.3 is 9.84 Å². The molecule has 5 nitrogen and oxygen atoms in total. The second-order valence-electron chi connectivity index (χ2n) is 3.55.